The van der Waals surface area contributed by atoms with Gasteiger partial charge in [-0.3, -0.25) is 0 Å². The lowest BCUT2D eigenvalue weighted by atomic mass is 9.81. The zero-order chi connectivity index (χ0) is 18.7. The van der Waals surface area contributed by atoms with Gasteiger partial charge in [0.1, 0.15) is 0 Å². The topological polar surface area (TPSA) is 26.0 Å². The summed E-state index contributed by atoms with van der Waals surface area (Å²) in [6.45, 7) is 11.4. The minimum absolute atomic E-state index is 0.0264. The minimum Gasteiger partial charge on any atom is -0.399 e. The Kier molecular flexibility index (Phi) is 3.56. The van der Waals surface area contributed by atoms with Crippen molar-refractivity contribution in [2.24, 2.45) is 0 Å². The van der Waals surface area contributed by atoms with Crippen LogP contribution in [0.4, 0.5) is 5.69 Å². The van der Waals surface area contributed by atoms with Crippen LogP contribution in [0.15, 0.2) is 60.7 Å². The van der Waals surface area contributed by atoms with Crippen molar-refractivity contribution >= 4 is 5.69 Å². The van der Waals surface area contributed by atoms with Gasteiger partial charge in [0.2, 0.25) is 0 Å². The van der Waals surface area contributed by atoms with Gasteiger partial charge in [-0.05, 0) is 56.5 Å². The molecular formula is C25H27N. The van der Waals surface area contributed by atoms with Crippen LogP contribution >= 0.6 is 0 Å². The molecule has 3 aromatic carbocycles. The lowest BCUT2D eigenvalue weighted by Crippen LogP contribution is -2.15. The van der Waals surface area contributed by atoms with Crippen molar-refractivity contribution in [3.05, 3.63) is 77.4 Å². The molecule has 0 fully saturated rings. The van der Waals surface area contributed by atoms with E-state index in [4.69, 9.17) is 5.73 Å². The fourth-order valence-corrected chi connectivity index (χ4v) is 4.20. The predicted octanol–water partition coefficient (Wildman–Crippen LogP) is 6.54. The largest absolute Gasteiger partial charge is 0.399 e. The van der Waals surface area contributed by atoms with Crippen molar-refractivity contribution in [3.8, 4) is 22.3 Å². The monoisotopic (exact) mass is 341 g/mol. The highest BCUT2D eigenvalue weighted by atomic mass is 14.6. The molecule has 0 saturated heterocycles. The van der Waals surface area contributed by atoms with E-state index >= 15 is 0 Å². The van der Waals surface area contributed by atoms with E-state index in [0.717, 1.165) is 5.69 Å². The van der Waals surface area contributed by atoms with Gasteiger partial charge in [0.15, 0.2) is 0 Å². The van der Waals surface area contributed by atoms with E-state index in [-0.39, 0.29) is 10.8 Å². The Labute approximate surface area is 156 Å². The second-order valence-electron chi connectivity index (χ2n) is 8.99. The summed E-state index contributed by atoms with van der Waals surface area (Å²) >= 11 is 0. The van der Waals surface area contributed by atoms with Gasteiger partial charge in [-0.15, -0.1) is 0 Å². The van der Waals surface area contributed by atoms with Crippen LogP contribution in [0.1, 0.15) is 51.3 Å². The van der Waals surface area contributed by atoms with Crippen molar-refractivity contribution < 1.29 is 0 Å². The second-order valence-corrected chi connectivity index (χ2v) is 8.99. The number of rotatable bonds is 1. The van der Waals surface area contributed by atoms with Gasteiger partial charge < -0.3 is 5.73 Å². The smallest absolute Gasteiger partial charge is 0.0317 e. The third kappa shape index (κ3) is 2.46. The first-order valence-corrected chi connectivity index (χ1v) is 9.34. The first-order chi connectivity index (χ1) is 12.2. The maximum atomic E-state index is 6.09. The number of benzene rings is 3. The maximum absolute atomic E-state index is 6.09. The summed E-state index contributed by atoms with van der Waals surface area (Å²) < 4.78 is 0. The molecule has 3 aromatic rings. The average Bonchev–Trinajstić information content (AvgIpc) is 2.82. The molecule has 0 amide bonds. The van der Waals surface area contributed by atoms with Crippen LogP contribution in [0.3, 0.4) is 0 Å². The molecule has 0 saturated carbocycles. The highest BCUT2D eigenvalue weighted by molar-refractivity contribution is 5.93. The molecule has 1 heteroatoms. The summed E-state index contributed by atoms with van der Waals surface area (Å²) in [5.74, 6) is 0. The maximum Gasteiger partial charge on any atom is 0.0317 e. The van der Waals surface area contributed by atoms with E-state index < -0.39 is 0 Å². The lowest BCUT2D eigenvalue weighted by Gasteiger charge is -2.22. The van der Waals surface area contributed by atoms with Crippen LogP contribution in [-0.4, -0.2) is 0 Å². The highest BCUT2D eigenvalue weighted by Gasteiger charge is 2.36. The van der Waals surface area contributed by atoms with Crippen LogP contribution in [0, 0.1) is 0 Å². The van der Waals surface area contributed by atoms with Gasteiger partial charge in [-0.25, -0.2) is 0 Å². The van der Waals surface area contributed by atoms with Crippen LogP contribution < -0.4 is 5.73 Å². The molecule has 0 spiro atoms. The Morgan fingerprint density at radius 3 is 2.12 bits per heavy atom. The average molecular weight is 341 g/mol. The highest BCUT2D eigenvalue weighted by Crippen LogP contribution is 2.52. The zero-order valence-corrected chi connectivity index (χ0v) is 16.4. The molecule has 2 N–H and O–H groups in total. The minimum atomic E-state index is -0.0264. The van der Waals surface area contributed by atoms with Gasteiger partial charge in [0.05, 0.1) is 0 Å². The van der Waals surface area contributed by atoms with Crippen molar-refractivity contribution in [3.63, 3.8) is 0 Å². The van der Waals surface area contributed by atoms with E-state index in [1.807, 2.05) is 6.07 Å². The van der Waals surface area contributed by atoms with Crippen molar-refractivity contribution in [1.82, 2.24) is 0 Å². The third-order valence-corrected chi connectivity index (χ3v) is 5.79. The van der Waals surface area contributed by atoms with E-state index in [0.29, 0.717) is 0 Å². The number of hydrogen-bond acceptors (Lipinski definition) is 1. The molecule has 0 aliphatic heterocycles. The quantitative estimate of drug-likeness (QED) is 0.500. The molecule has 0 radical (unpaired) electrons. The summed E-state index contributed by atoms with van der Waals surface area (Å²) in [7, 11) is 0. The SMILES string of the molecule is CC(C)(C)c1ccc(-c2cccc3c2-c2ccc(N)cc2C3(C)C)cc1. The normalized spacial score (nSPS) is 14.8. The van der Waals surface area contributed by atoms with E-state index in [2.05, 4.69) is 89.2 Å². The molecular weight excluding hydrogens is 314 g/mol. The number of nitrogens with two attached hydrogens (primary N) is 1. The number of hydrogen-bond donors (Lipinski definition) is 1. The first-order valence-electron chi connectivity index (χ1n) is 9.34. The zero-order valence-electron chi connectivity index (χ0n) is 16.4. The van der Waals surface area contributed by atoms with Gasteiger partial charge >= 0.3 is 0 Å². The summed E-state index contributed by atoms with van der Waals surface area (Å²) in [6, 6.07) is 22.1. The Hall–Kier alpha value is -2.54. The van der Waals surface area contributed by atoms with Crippen molar-refractivity contribution in [2.45, 2.75) is 45.4 Å². The molecule has 0 unspecified atom stereocenters. The van der Waals surface area contributed by atoms with Crippen LogP contribution in [-0.2, 0) is 10.8 Å². The van der Waals surface area contributed by atoms with Gasteiger partial charge in [0, 0.05) is 11.1 Å². The van der Waals surface area contributed by atoms with Crippen LogP contribution in [0.2, 0.25) is 0 Å². The Morgan fingerprint density at radius 2 is 1.46 bits per heavy atom. The molecule has 0 heterocycles. The predicted molar refractivity (Wildman–Crippen MR) is 113 cm³/mol. The van der Waals surface area contributed by atoms with E-state index in [1.54, 1.807) is 0 Å². The summed E-state index contributed by atoms with van der Waals surface area (Å²) in [6.07, 6.45) is 0. The molecule has 4 rings (SSSR count). The van der Waals surface area contributed by atoms with Crippen molar-refractivity contribution in [1.29, 1.82) is 0 Å². The molecule has 0 atom stereocenters. The summed E-state index contributed by atoms with van der Waals surface area (Å²) in [5.41, 5.74) is 16.4. The van der Waals surface area contributed by atoms with E-state index in [1.165, 1.54) is 38.9 Å². The molecule has 1 aliphatic rings. The number of nitrogen functional groups attached to an aromatic ring is 1. The second kappa shape index (κ2) is 5.48. The molecule has 0 aromatic heterocycles. The fraction of sp³-hybridized carbons (Fsp3) is 0.280. The lowest BCUT2D eigenvalue weighted by molar-refractivity contribution is 0.590. The van der Waals surface area contributed by atoms with Crippen LogP contribution in [0.25, 0.3) is 22.3 Å². The molecule has 26 heavy (non-hydrogen) atoms. The summed E-state index contributed by atoms with van der Waals surface area (Å²) in [4.78, 5) is 0. The fourth-order valence-electron chi connectivity index (χ4n) is 4.20. The van der Waals surface area contributed by atoms with Crippen molar-refractivity contribution in [2.75, 3.05) is 5.73 Å². The van der Waals surface area contributed by atoms with Gasteiger partial charge in [-0.2, -0.15) is 0 Å². The Balaban J connectivity index is 1.93. The Morgan fingerprint density at radius 1 is 0.769 bits per heavy atom. The van der Waals surface area contributed by atoms with Gasteiger partial charge in [-0.1, -0.05) is 83.1 Å². The molecule has 1 nitrogen and oxygen atoms in total. The number of fused-ring (bicyclic) bond motifs is 3. The van der Waals surface area contributed by atoms with Gasteiger partial charge in [0.25, 0.3) is 0 Å². The first kappa shape index (κ1) is 16.9. The molecule has 1 aliphatic carbocycles. The Bertz CT molecular complexity index is 986. The van der Waals surface area contributed by atoms with Crippen LogP contribution in [0.5, 0.6) is 0 Å². The standard InChI is InChI=1S/C25H27N/c1-24(2,3)17-11-9-16(10-12-17)19-7-6-8-21-23(19)20-14-13-18(26)15-22(20)25(21,4)5/h6-15H,26H2,1-5H3. The third-order valence-electron chi connectivity index (χ3n) is 5.79. The molecule has 132 valence electrons. The number of anilines is 1. The summed E-state index contributed by atoms with van der Waals surface area (Å²) in [5, 5.41) is 0. The molecule has 0 bridgehead atoms. The van der Waals surface area contributed by atoms with E-state index in [9.17, 15) is 0 Å².